The molecule has 2 aromatic carbocycles. The van der Waals surface area contributed by atoms with Gasteiger partial charge in [0.05, 0.1) is 5.56 Å². The maximum atomic E-state index is 11.9. The van der Waals surface area contributed by atoms with Crippen molar-refractivity contribution in [2.75, 3.05) is 6.61 Å². The molecule has 0 aliphatic heterocycles. The molecule has 2 amide bonds. The molecule has 0 bridgehead atoms. The molecule has 2 N–H and O–H groups in total. The second kappa shape index (κ2) is 8.12. The van der Waals surface area contributed by atoms with Gasteiger partial charge in [-0.3, -0.25) is 20.4 Å². The van der Waals surface area contributed by atoms with Gasteiger partial charge in [0, 0.05) is 10.9 Å². The van der Waals surface area contributed by atoms with Crippen molar-refractivity contribution in [1.29, 1.82) is 0 Å². The summed E-state index contributed by atoms with van der Waals surface area (Å²) in [4.78, 5) is 23.7. The van der Waals surface area contributed by atoms with Crippen LogP contribution in [0.25, 0.3) is 11.1 Å². The van der Waals surface area contributed by atoms with Crippen LogP contribution in [-0.4, -0.2) is 18.4 Å². The van der Waals surface area contributed by atoms with Gasteiger partial charge in [-0.1, -0.05) is 48.5 Å². The van der Waals surface area contributed by atoms with Gasteiger partial charge in [0.2, 0.25) is 0 Å². The number of rotatable bonds is 5. The summed E-state index contributed by atoms with van der Waals surface area (Å²) in [7, 11) is 0. The lowest BCUT2D eigenvalue weighted by Gasteiger charge is -2.12. The number of hydrogen-bond acceptors (Lipinski definition) is 4. The van der Waals surface area contributed by atoms with Crippen LogP contribution in [0.1, 0.15) is 10.4 Å². The highest BCUT2D eigenvalue weighted by atomic mass is 32.1. The number of thiophene rings is 1. The number of carbonyl (C=O) groups excluding carboxylic acids is 2. The second-order valence-electron chi connectivity index (χ2n) is 5.17. The predicted molar refractivity (Wildman–Crippen MR) is 97.3 cm³/mol. The molecule has 126 valence electrons. The zero-order valence-electron chi connectivity index (χ0n) is 13.3. The Balaban J connectivity index is 1.57. The third kappa shape index (κ3) is 4.45. The minimum absolute atomic E-state index is 0.201. The summed E-state index contributed by atoms with van der Waals surface area (Å²) in [6, 6.07) is 19.0. The Labute approximate surface area is 149 Å². The van der Waals surface area contributed by atoms with E-state index in [-0.39, 0.29) is 12.5 Å². The van der Waals surface area contributed by atoms with E-state index in [4.69, 9.17) is 4.74 Å². The Bertz CT molecular complexity index is 848. The highest BCUT2D eigenvalue weighted by Crippen LogP contribution is 2.29. The largest absolute Gasteiger partial charge is 0.483 e. The summed E-state index contributed by atoms with van der Waals surface area (Å²) < 4.78 is 5.62. The summed E-state index contributed by atoms with van der Waals surface area (Å²) in [5.41, 5.74) is 7.10. The number of carbonyl (C=O) groups is 2. The number of para-hydroxylation sites is 1. The fraction of sp³-hybridized carbons (Fsp3) is 0.0526. The minimum Gasteiger partial charge on any atom is -0.483 e. The molecular weight excluding hydrogens is 336 g/mol. The van der Waals surface area contributed by atoms with Crippen LogP contribution in [0.5, 0.6) is 5.75 Å². The molecular formula is C19H16N2O3S. The molecule has 0 saturated carbocycles. The van der Waals surface area contributed by atoms with Crippen LogP contribution in [0.4, 0.5) is 0 Å². The number of ether oxygens (including phenoxy) is 1. The molecule has 3 rings (SSSR count). The van der Waals surface area contributed by atoms with E-state index in [1.807, 2.05) is 48.5 Å². The Hall–Kier alpha value is -3.12. The van der Waals surface area contributed by atoms with E-state index >= 15 is 0 Å². The molecule has 0 aliphatic rings. The highest BCUT2D eigenvalue weighted by Gasteiger charge is 2.10. The second-order valence-corrected chi connectivity index (χ2v) is 5.95. The lowest BCUT2D eigenvalue weighted by molar-refractivity contribution is -0.123. The van der Waals surface area contributed by atoms with Crippen LogP contribution in [0.3, 0.4) is 0 Å². The number of benzene rings is 2. The molecule has 3 aromatic rings. The van der Waals surface area contributed by atoms with Gasteiger partial charge in [-0.2, -0.15) is 11.3 Å². The standard InChI is InChI=1S/C19H16N2O3S/c22-18(20-21-19(23)15-10-11-25-13-15)12-24-17-9-5-4-8-16(17)14-6-2-1-3-7-14/h1-11,13H,12H2,(H,20,22)(H,21,23). The zero-order valence-corrected chi connectivity index (χ0v) is 14.1. The first-order valence-corrected chi connectivity index (χ1v) is 8.57. The fourth-order valence-electron chi connectivity index (χ4n) is 2.22. The quantitative estimate of drug-likeness (QED) is 0.693. The zero-order chi connectivity index (χ0) is 17.5. The number of hydrogen-bond donors (Lipinski definition) is 2. The van der Waals surface area contributed by atoms with Crippen LogP contribution in [0.15, 0.2) is 71.4 Å². The first-order valence-electron chi connectivity index (χ1n) is 7.62. The van der Waals surface area contributed by atoms with Crippen molar-refractivity contribution in [2.45, 2.75) is 0 Å². The van der Waals surface area contributed by atoms with Gasteiger partial charge in [0.25, 0.3) is 11.8 Å². The van der Waals surface area contributed by atoms with E-state index in [2.05, 4.69) is 10.9 Å². The number of hydrazine groups is 1. The Kier molecular flexibility index (Phi) is 5.43. The van der Waals surface area contributed by atoms with E-state index in [1.54, 1.807) is 22.9 Å². The molecule has 6 heteroatoms. The lowest BCUT2D eigenvalue weighted by Crippen LogP contribution is -2.43. The molecule has 0 aliphatic carbocycles. The van der Waals surface area contributed by atoms with E-state index in [0.717, 1.165) is 11.1 Å². The van der Waals surface area contributed by atoms with Gasteiger partial charge in [-0.25, -0.2) is 0 Å². The molecule has 0 saturated heterocycles. The molecule has 0 spiro atoms. The Morgan fingerprint density at radius 1 is 0.920 bits per heavy atom. The molecule has 5 nitrogen and oxygen atoms in total. The van der Waals surface area contributed by atoms with Crippen molar-refractivity contribution in [1.82, 2.24) is 10.9 Å². The Morgan fingerprint density at radius 2 is 1.68 bits per heavy atom. The van der Waals surface area contributed by atoms with Crippen molar-refractivity contribution in [2.24, 2.45) is 0 Å². The highest BCUT2D eigenvalue weighted by molar-refractivity contribution is 7.08. The topological polar surface area (TPSA) is 67.4 Å². The summed E-state index contributed by atoms with van der Waals surface area (Å²) >= 11 is 1.41. The van der Waals surface area contributed by atoms with E-state index in [0.29, 0.717) is 11.3 Å². The van der Waals surface area contributed by atoms with Gasteiger partial charge in [-0.15, -0.1) is 0 Å². The first kappa shape index (κ1) is 16.7. The van der Waals surface area contributed by atoms with Crippen LogP contribution in [0, 0.1) is 0 Å². The maximum absolute atomic E-state index is 11.9. The molecule has 0 unspecified atom stereocenters. The van der Waals surface area contributed by atoms with E-state index in [1.165, 1.54) is 11.3 Å². The molecule has 0 radical (unpaired) electrons. The summed E-state index contributed by atoms with van der Waals surface area (Å²) in [6.07, 6.45) is 0. The first-order chi connectivity index (χ1) is 12.2. The average Bonchev–Trinajstić information content (AvgIpc) is 3.20. The van der Waals surface area contributed by atoms with E-state index < -0.39 is 5.91 Å². The molecule has 1 aromatic heterocycles. The summed E-state index contributed by atoms with van der Waals surface area (Å²) in [6.45, 7) is -0.201. The van der Waals surface area contributed by atoms with Crippen molar-refractivity contribution in [3.05, 3.63) is 77.0 Å². The number of amides is 2. The third-order valence-corrected chi connectivity index (χ3v) is 4.11. The SMILES string of the molecule is O=C(COc1ccccc1-c1ccccc1)NNC(=O)c1ccsc1. The predicted octanol–water partition coefficient (Wildman–Crippen LogP) is 3.26. The van der Waals surface area contributed by atoms with Crippen molar-refractivity contribution in [3.8, 4) is 16.9 Å². The average molecular weight is 352 g/mol. The molecule has 25 heavy (non-hydrogen) atoms. The van der Waals surface area contributed by atoms with Gasteiger partial charge in [0.15, 0.2) is 6.61 Å². The third-order valence-electron chi connectivity index (χ3n) is 3.43. The van der Waals surface area contributed by atoms with Gasteiger partial charge < -0.3 is 4.74 Å². The molecule has 1 heterocycles. The number of nitrogens with one attached hydrogen (secondary N) is 2. The molecule has 0 fully saturated rings. The fourth-order valence-corrected chi connectivity index (χ4v) is 2.86. The van der Waals surface area contributed by atoms with E-state index in [9.17, 15) is 9.59 Å². The lowest BCUT2D eigenvalue weighted by atomic mass is 10.1. The molecule has 0 atom stereocenters. The maximum Gasteiger partial charge on any atom is 0.276 e. The van der Waals surface area contributed by atoms with Crippen LogP contribution in [0.2, 0.25) is 0 Å². The van der Waals surface area contributed by atoms with Crippen LogP contribution in [-0.2, 0) is 4.79 Å². The van der Waals surface area contributed by atoms with Gasteiger partial charge in [-0.05, 0) is 23.1 Å². The van der Waals surface area contributed by atoms with Gasteiger partial charge >= 0.3 is 0 Å². The normalized spacial score (nSPS) is 10.1. The Morgan fingerprint density at radius 3 is 2.44 bits per heavy atom. The van der Waals surface area contributed by atoms with Crippen molar-refractivity contribution >= 4 is 23.2 Å². The minimum atomic E-state index is -0.438. The van der Waals surface area contributed by atoms with Crippen LogP contribution >= 0.6 is 11.3 Å². The monoisotopic (exact) mass is 352 g/mol. The summed E-state index contributed by atoms with van der Waals surface area (Å²) in [5.74, 6) is -0.196. The smallest absolute Gasteiger partial charge is 0.276 e. The van der Waals surface area contributed by atoms with Crippen LogP contribution < -0.4 is 15.6 Å². The summed E-state index contributed by atoms with van der Waals surface area (Å²) in [5, 5.41) is 3.49. The van der Waals surface area contributed by atoms with Gasteiger partial charge in [0.1, 0.15) is 5.75 Å². The van der Waals surface area contributed by atoms with Crippen molar-refractivity contribution < 1.29 is 14.3 Å². The van der Waals surface area contributed by atoms with Crippen molar-refractivity contribution in [3.63, 3.8) is 0 Å².